The van der Waals surface area contributed by atoms with Gasteiger partial charge in [0.15, 0.2) is 6.10 Å². The number of hydrogen-bond acceptors (Lipinski definition) is 6. The number of nitrogens with zero attached hydrogens (tertiary/aromatic N) is 2. The number of pyridine rings is 1. The minimum atomic E-state index is -0.894. The summed E-state index contributed by atoms with van der Waals surface area (Å²) in [5, 5.41) is 5.35. The van der Waals surface area contributed by atoms with Crippen LogP contribution in [0, 0.1) is 0 Å². The molecular formula is C21H21N3O3S. The normalized spacial score (nSPS) is 11.6. The summed E-state index contributed by atoms with van der Waals surface area (Å²) >= 11 is 1.44. The van der Waals surface area contributed by atoms with Gasteiger partial charge in [0.05, 0.1) is 12.1 Å². The van der Waals surface area contributed by atoms with Gasteiger partial charge in [-0.1, -0.05) is 19.1 Å². The van der Waals surface area contributed by atoms with Crippen LogP contribution >= 0.6 is 11.3 Å². The first-order chi connectivity index (χ1) is 13.5. The van der Waals surface area contributed by atoms with E-state index in [9.17, 15) is 9.59 Å². The summed E-state index contributed by atoms with van der Waals surface area (Å²) in [7, 11) is 0. The average Bonchev–Trinajstić information content (AvgIpc) is 3.17. The molecule has 2 heterocycles. The van der Waals surface area contributed by atoms with Crippen LogP contribution in [0.1, 0.15) is 25.1 Å². The average molecular weight is 395 g/mol. The monoisotopic (exact) mass is 395 g/mol. The van der Waals surface area contributed by atoms with Crippen LogP contribution in [-0.2, 0) is 27.2 Å². The summed E-state index contributed by atoms with van der Waals surface area (Å²) in [6.07, 6.45) is 3.47. The largest absolute Gasteiger partial charge is 0.452 e. The number of carbonyl (C=O) groups excluding carboxylic acids is 2. The second kappa shape index (κ2) is 9.23. The van der Waals surface area contributed by atoms with Gasteiger partial charge in [0, 0.05) is 29.0 Å². The predicted molar refractivity (Wildman–Crippen MR) is 109 cm³/mol. The number of carbonyl (C=O) groups is 2. The summed E-state index contributed by atoms with van der Waals surface area (Å²) in [4.78, 5) is 32.9. The molecule has 3 aromatic rings. The van der Waals surface area contributed by atoms with Gasteiger partial charge in [-0.2, -0.15) is 0 Å². The third kappa shape index (κ3) is 5.23. The number of benzene rings is 1. The zero-order valence-corrected chi connectivity index (χ0v) is 16.5. The van der Waals surface area contributed by atoms with Crippen molar-refractivity contribution in [2.75, 3.05) is 5.32 Å². The lowest BCUT2D eigenvalue weighted by Gasteiger charge is -2.13. The zero-order chi connectivity index (χ0) is 19.9. The molecule has 0 spiro atoms. The number of hydrogen-bond donors (Lipinski definition) is 1. The minimum Gasteiger partial charge on any atom is -0.452 e. The molecule has 0 aliphatic carbocycles. The lowest BCUT2D eigenvalue weighted by molar-refractivity contribution is -0.152. The van der Waals surface area contributed by atoms with Crippen LogP contribution in [0.3, 0.4) is 0 Å². The molecule has 0 bridgehead atoms. The van der Waals surface area contributed by atoms with Crippen molar-refractivity contribution in [2.24, 2.45) is 0 Å². The number of rotatable bonds is 7. The van der Waals surface area contributed by atoms with Crippen LogP contribution < -0.4 is 5.32 Å². The second-order valence-corrected chi connectivity index (χ2v) is 7.09. The Morgan fingerprint density at radius 1 is 1.21 bits per heavy atom. The Balaban J connectivity index is 1.52. The van der Waals surface area contributed by atoms with Crippen LogP contribution in [0.5, 0.6) is 0 Å². The van der Waals surface area contributed by atoms with E-state index in [1.165, 1.54) is 16.9 Å². The maximum absolute atomic E-state index is 12.2. The fourth-order valence-electron chi connectivity index (χ4n) is 2.52. The van der Waals surface area contributed by atoms with Crippen molar-refractivity contribution in [1.82, 2.24) is 9.97 Å². The molecule has 2 aromatic heterocycles. The third-order valence-electron chi connectivity index (χ3n) is 4.09. The van der Waals surface area contributed by atoms with E-state index in [0.717, 1.165) is 17.0 Å². The van der Waals surface area contributed by atoms with Crippen LogP contribution in [0.4, 0.5) is 5.69 Å². The molecule has 0 aliphatic heterocycles. The molecule has 3 rings (SSSR count). The van der Waals surface area contributed by atoms with Gasteiger partial charge in [-0.15, -0.1) is 11.3 Å². The molecule has 144 valence electrons. The second-order valence-electron chi connectivity index (χ2n) is 6.23. The number of aromatic nitrogens is 2. The summed E-state index contributed by atoms with van der Waals surface area (Å²) in [6, 6.07) is 11.3. The number of aryl methyl sites for hydroxylation is 1. The molecule has 0 saturated carbocycles. The number of ether oxygens (including phenoxy) is 1. The van der Waals surface area contributed by atoms with E-state index < -0.39 is 12.1 Å². The third-order valence-corrected chi connectivity index (χ3v) is 5.03. The first-order valence-corrected chi connectivity index (χ1v) is 9.87. The summed E-state index contributed by atoms with van der Waals surface area (Å²) in [5.41, 5.74) is 3.36. The highest BCUT2D eigenvalue weighted by molar-refractivity contribution is 7.13. The molecule has 1 atom stereocenters. The number of anilines is 1. The highest BCUT2D eigenvalue weighted by Gasteiger charge is 2.19. The number of esters is 1. The van der Waals surface area contributed by atoms with Crippen molar-refractivity contribution in [2.45, 2.75) is 32.8 Å². The van der Waals surface area contributed by atoms with Gasteiger partial charge in [0.2, 0.25) is 0 Å². The molecule has 1 aromatic carbocycles. The van der Waals surface area contributed by atoms with Gasteiger partial charge in [0.1, 0.15) is 5.01 Å². The van der Waals surface area contributed by atoms with E-state index >= 15 is 0 Å². The van der Waals surface area contributed by atoms with E-state index in [1.54, 1.807) is 19.3 Å². The van der Waals surface area contributed by atoms with Crippen LogP contribution in [0.25, 0.3) is 10.6 Å². The van der Waals surface area contributed by atoms with Gasteiger partial charge < -0.3 is 10.1 Å². The molecular weight excluding hydrogens is 374 g/mol. The maximum Gasteiger partial charge on any atom is 0.312 e. The predicted octanol–water partition coefficient (Wildman–Crippen LogP) is 3.88. The lowest BCUT2D eigenvalue weighted by Crippen LogP contribution is -2.30. The SMILES string of the molecule is CCc1ccc(NC(=O)[C@H](C)OC(=O)Cc2csc(-c3cccnc3)n2)cc1. The van der Waals surface area contributed by atoms with Gasteiger partial charge in [-0.05, 0) is 43.2 Å². The van der Waals surface area contributed by atoms with Crippen LogP contribution in [0.2, 0.25) is 0 Å². The van der Waals surface area contributed by atoms with Crippen molar-refractivity contribution in [3.05, 3.63) is 65.4 Å². The number of thiazole rings is 1. The van der Waals surface area contributed by atoms with Gasteiger partial charge in [0.25, 0.3) is 5.91 Å². The molecule has 0 aliphatic rings. The highest BCUT2D eigenvalue weighted by Crippen LogP contribution is 2.23. The molecule has 1 N–H and O–H groups in total. The van der Waals surface area contributed by atoms with Crippen LogP contribution in [-0.4, -0.2) is 27.9 Å². The first-order valence-electron chi connectivity index (χ1n) is 8.99. The number of nitrogens with one attached hydrogen (secondary N) is 1. The standard InChI is InChI=1S/C21H21N3O3S/c1-3-15-6-8-17(9-7-15)23-20(26)14(2)27-19(25)11-18-13-28-21(24-18)16-5-4-10-22-12-16/h4-10,12-14H,3,11H2,1-2H3,(H,23,26)/t14-/m0/s1. The van der Waals surface area contributed by atoms with Crippen LogP contribution in [0.15, 0.2) is 54.2 Å². The minimum absolute atomic E-state index is 0.0135. The van der Waals surface area contributed by atoms with Crippen molar-refractivity contribution in [3.8, 4) is 10.6 Å². The van der Waals surface area contributed by atoms with Crippen molar-refractivity contribution in [3.63, 3.8) is 0 Å². The van der Waals surface area contributed by atoms with E-state index in [1.807, 2.05) is 41.8 Å². The first kappa shape index (κ1) is 19.7. The molecule has 7 heteroatoms. The maximum atomic E-state index is 12.2. The molecule has 0 saturated heterocycles. The van der Waals surface area contributed by atoms with E-state index in [4.69, 9.17) is 4.74 Å². The van der Waals surface area contributed by atoms with Gasteiger partial charge in [-0.3, -0.25) is 14.6 Å². The summed E-state index contributed by atoms with van der Waals surface area (Å²) in [6.45, 7) is 3.62. The quantitative estimate of drug-likeness (QED) is 0.614. The Hall–Kier alpha value is -3.06. The highest BCUT2D eigenvalue weighted by atomic mass is 32.1. The Kier molecular flexibility index (Phi) is 6.49. The molecule has 0 radical (unpaired) electrons. The molecule has 0 fully saturated rings. The number of amides is 1. The van der Waals surface area contributed by atoms with E-state index in [-0.39, 0.29) is 12.3 Å². The van der Waals surface area contributed by atoms with Gasteiger partial charge >= 0.3 is 5.97 Å². The summed E-state index contributed by atoms with van der Waals surface area (Å²) < 4.78 is 5.25. The Bertz CT molecular complexity index is 939. The summed E-state index contributed by atoms with van der Waals surface area (Å²) in [5.74, 6) is -0.862. The van der Waals surface area contributed by atoms with E-state index in [0.29, 0.717) is 11.4 Å². The van der Waals surface area contributed by atoms with Crippen molar-refractivity contribution >= 4 is 28.9 Å². The smallest absolute Gasteiger partial charge is 0.312 e. The van der Waals surface area contributed by atoms with Crippen molar-refractivity contribution in [1.29, 1.82) is 0 Å². The van der Waals surface area contributed by atoms with E-state index in [2.05, 4.69) is 22.2 Å². The molecule has 28 heavy (non-hydrogen) atoms. The van der Waals surface area contributed by atoms with Crippen molar-refractivity contribution < 1.29 is 14.3 Å². The Morgan fingerprint density at radius 2 is 2.00 bits per heavy atom. The fourth-order valence-corrected chi connectivity index (χ4v) is 3.33. The molecule has 1 amide bonds. The zero-order valence-electron chi connectivity index (χ0n) is 15.7. The Labute approximate surface area is 167 Å². The fraction of sp³-hybridized carbons (Fsp3) is 0.238. The van der Waals surface area contributed by atoms with Gasteiger partial charge in [-0.25, -0.2) is 4.98 Å². The lowest BCUT2D eigenvalue weighted by atomic mass is 10.1. The topological polar surface area (TPSA) is 81.2 Å². The molecule has 6 nitrogen and oxygen atoms in total. The Morgan fingerprint density at radius 3 is 2.68 bits per heavy atom. The molecule has 0 unspecified atom stereocenters.